The molecule has 1 spiro atoms. The van der Waals surface area contributed by atoms with Gasteiger partial charge in [0.2, 0.25) is 0 Å². The van der Waals surface area contributed by atoms with Gasteiger partial charge in [-0.25, -0.2) is 8.42 Å². The molecule has 1 aromatic heterocycles. The van der Waals surface area contributed by atoms with E-state index in [0.717, 1.165) is 25.7 Å². The first kappa shape index (κ1) is 13.4. The summed E-state index contributed by atoms with van der Waals surface area (Å²) in [5, 5.41) is 4.16. The van der Waals surface area contributed by atoms with E-state index < -0.39 is 9.05 Å². The first-order valence-electron chi connectivity index (χ1n) is 6.61. The van der Waals surface area contributed by atoms with Gasteiger partial charge in [-0.15, -0.1) is 0 Å². The van der Waals surface area contributed by atoms with Crippen molar-refractivity contribution >= 4 is 19.7 Å². The van der Waals surface area contributed by atoms with Crippen molar-refractivity contribution in [2.75, 3.05) is 6.61 Å². The van der Waals surface area contributed by atoms with Gasteiger partial charge in [-0.05, 0) is 25.7 Å². The van der Waals surface area contributed by atoms with E-state index >= 15 is 0 Å². The van der Waals surface area contributed by atoms with Crippen LogP contribution in [-0.2, 0) is 13.8 Å². The summed E-state index contributed by atoms with van der Waals surface area (Å²) in [5.74, 6) is 0. The SMILES string of the molecule is O=S(=O)(Cl)c1cnn(C2CCOC3(CCCC3)C2)c1. The number of rotatable bonds is 2. The van der Waals surface area contributed by atoms with E-state index in [1.807, 2.05) is 0 Å². The molecule has 0 N–H and O–H groups in total. The highest BCUT2D eigenvalue weighted by atomic mass is 35.7. The van der Waals surface area contributed by atoms with Gasteiger partial charge in [-0.2, -0.15) is 5.10 Å². The van der Waals surface area contributed by atoms with Crippen molar-refractivity contribution in [2.24, 2.45) is 0 Å². The van der Waals surface area contributed by atoms with Gasteiger partial charge in [0.1, 0.15) is 4.90 Å². The maximum atomic E-state index is 11.3. The smallest absolute Gasteiger partial charge is 0.264 e. The van der Waals surface area contributed by atoms with Crippen molar-refractivity contribution < 1.29 is 13.2 Å². The third-order valence-electron chi connectivity index (χ3n) is 4.22. The van der Waals surface area contributed by atoms with Crippen LogP contribution in [0.25, 0.3) is 0 Å². The fraction of sp³-hybridized carbons (Fsp3) is 0.750. The summed E-state index contributed by atoms with van der Waals surface area (Å²) >= 11 is 0. The van der Waals surface area contributed by atoms with Crippen LogP contribution in [-0.4, -0.2) is 30.4 Å². The lowest BCUT2D eigenvalue weighted by Gasteiger charge is -2.38. The molecule has 3 rings (SSSR count). The van der Waals surface area contributed by atoms with Crippen molar-refractivity contribution in [1.29, 1.82) is 0 Å². The number of ether oxygens (including phenoxy) is 1. The fourth-order valence-corrected chi connectivity index (χ4v) is 3.89. The topological polar surface area (TPSA) is 61.2 Å². The second-order valence-corrected chi connectivity index (χ2v) is 8.05. The second kappa shape index (κ2) is 4.75. The minimum atomic E-state index is -3.69. The Labute approximate surface area is 117 Å². The average molecular weight is 305 g/mol. The molecule has 0 bridgehead atoms. The Morgan fingerprint density at radius 3 is 2.79 bits per heavy atom. The predicted octanol–water partition coefficient (Wildman–Crippen LogP) is 2.47. The zero-order chi connectivity index (χ0) is 13.5. The van der Waals surface area contributed by atoms with E-state index in [4.69, 9.17) is 15.4 Å². The largest absolute Gasteiger partial charge is 0.375 e. The van der Waals surface area contributed by atoms with E-state index in [2.05, 4.69) is 5.10 Å². The number of hydrogen-bond donors (Lipinski definition) is 0. The Balaban J connectivity index is 1.80. The van der Waals surface area contributed by atoms with Crippen molar-refractivity contribution in [3.8, 4) is 0 Å². The second-order valence-electron chi connectivity index (χ2n) is 5.48. The van der Waals surface area contributed by atoms with E-state index in [1.165, 1.54) is 25.2 Å². The molecule has 5 nitrogen and oxygen atoms in total. The number of halogens is 1. The molecule has 1 saturated heterocycles. The summed E-state index contributed by atoms with van der Waals surface area (Å²) in [6.07, 6.45) is 9.26. The Bertz CT molecular complexity index is 563. The molecule has 1 atom stereocenters. The molecule has 0 aromatic carbocycles. The molecular formula is C12H17ClN2O3S. The maximum absolute atomic E-state index is 11.3. The summed E-state index contributed by atoms with van der Waals surface area (Å²) in [6, 6.07) is 0.207. The van der Waals surface area contributed by atoms with Crippen LogP contribution in [0.15, 0.2) is 17.3 Å². The third kappa shape index (κ3) is 2.66. The van der Waals surface area contributed by atoms with Gasteiger partial charge in [-0.3, -0.25) is 4.68 Å². The molecule has 19 heavy (non-hydrogen) atoms. The lowest BCUT2D eigenvalue weighted by molar-refractivity contribution is -0.0910. The fourth-order valence-electron chi connectivity index (χ4n) is 3.24. The molecule has 1 saturated carbocycles. The summed E-state index contributed by atoms with van der Waals surface area (Å²) in [6.45, 7) is 0.716. The van der Waals surface area contributed by atoms with Crippen molar-refractivity contribution in [3.05, 3.63) is 12.4 Å². The molecule has 2 fully saturated rings. The van der Waals surface area contributed by atoms with Crippen LogP contribution < -0.4 is 0 Å². The van der Waals surface area contributed by atoms with Crippen LogP contribution in [0, 0.1) is 0 Å². The summed E-state index contributed by atoms with van der Waals surface area (Å²) in [5.41, 5.74) is -0.00509. The van der Waals surface area contributed by atoms with Gasteiger partial charge in [0, 0.05) is 23.5 Å². The normalized spacial score (nSPS) is 26.9. The van der Waals surface area contributed by atoms with Crippen molar-refractivity contribution in [3.63, 3.8) is 0 Å². The Kier molecular flexibility index (Phi) is 3.35. The minimum absolute atomic E-state index is 0.00509. The van der Waals surface area contributed by atoms with E-state index in [9.17, 15) is 8.42 Å². The number of nitrogens with zero attached hydrogens (tertiary/aromatic N) is 2. The predicted molar refractivity (Wildman–Crippen MR) is 70.7 cm³/mol. The standard InChI is InChI=1S/C12H17ClN2O3S/c13-19(16,17)11-8-14-15(9-11)10-3-6-18-12(7-10)4-1-2-5-12/h8-10H,1-7H2. The zero-order valence-electron chi connectivity index (χ0n) is 10.6. The quantitative estimate of drug-likeness (QED) is 0.788. The summed E-state index contributed by atoms with van der Waals surface area (Å²) < 4.78 is 30.2. The molecule has 2 aliphatic rings. The lowest BCUT2D eigenvalue weighted by Crippen LogP contribution is -2.38. The van der Waals surface area contributed by atoms with Crippen molar-refractivity contribution in [2.45, 2.75) is 55.1 Å². The van der Waals surface area contributed by atoms with E-state index in [-0.39, 0.29) is 16.5 Å². The van der Waals surface area contributed by atoms with Crippen molar-refractivity contribution in [1.82, 2.24) is 9.78 Å². The van der Waals surface area contributed by atoms with Crippen LogP contribution >= 0.6 is 10.7 Å². The van der Waals surface area contributed by atoms with Gasteiger partial charge in [-0.1, -0.05) is 12.8 Å². The molecular weight excluding hydrogens is 288 g/mol. The molecule has 1 aromatic rings. The molecule has 1 aliphatic heterocycles. The Morgan fingerprint density at radius 1 is 1.42 bits per heavy atom. The van der Waals surface area contributed by atoms with Crippen LogP contribution in [0.1, 0.15) is 44.6 Å². The third-order valence-corrected chi connectivity index (χ3v) is 5.52. The minimum Gasteiger partial charge on any atom is -0.375 e. The highest BCUT2D eigenvalue weighted by molar-refractivity contribution is 8.13. The summed E-state index contributed by atoms with van der Waals surface area (Å²) in [4.78, 5) is 0.0705. The monoisotopic (exact) mass is 304 g/mol. The highest BCUT2D eigenvalue weighted by Gasteiger charge is 2.40. The lowest BCUT2D eigenvalue weighted by atomic mass is 9.89. The van der Waals surface area contributed by atoms with Gasteiger partial charge in [0.15, 0.2) is 0 Å². The highest BCUT2D eigenvalue weighted by Crippen LogP contribution is 2.43. The summed E-state index contributed by atoms with van der Waals surface area (Å²) in [7, 11) is 1.64. The molecule has 0 radical (unpaired) electrons. The van der Waals surface area contributed by atoms with Gasteiger partial charge >= 0.3 is 0 Å². The number of hydrogen-bond acceptors (Lipinski definition) is 4. The molecule has 0 amide bonds. The molecule has 106 valence electrons. The maximum Gasteiger partial charge on any atom is 0.264 e. The van der Waals surface area contributed by atoms with Crippen LogP contribution in [0.4, 0.5) is 0 Å². The van der Waals surface area contributed by atoms with Crippen LogP contribution in [0.2, 0.25) is 0 Å². The molecule has 1 aliphatic carbocycles. The van der Waals surface area contributed by atoms with E-state index in [1.54, 1.807) is 4.68 Å². The van der Waals surface area contributed by atoms with Gasteiger partial charge in [0.25, 0.3) is 9.05 Å². The molecule has 1 unspecified atom stereocenters. The number of aromatic nitrogens is 2. The van der Waals surface area contributed by atoms with E-state index in [0.29, 0.717) is 6.61 Å². The van der Waals surface area contributed by atoms with Gasteiger partial charge < -0.3 is 4.74 Å². The van der Waals surface area contributed by atoms with Crippen LogP contribution in [0.3, 0.4) is 0 Å². The molecule has 7 heteroatoms. The first-order chi connectivity index (χ1) is 8.99. The molecule has 2 heterocycles. The Hall–Kier alpha value is -0.590. The van der Waals surface area contributed by atoms with Gasteiger partial charge in [0.05, 0.1) is 17.8 Å². The zero-order valence-corrected chi connectivity index (χ0v) is 12.2. The first-order valence-corrected chi connectivity index (χ1v) is 8.92. The Morgan fingerprint density at radius 2 is 2.16 bits per heavy atom. The van der Waals surface area contributed by atoms with Crippen LogP contribution in [0.5, 0.6) is 0 Å². The average Bonchev–Trinajstić information content (AvgIpc) is 2.98.